The van der Waals surface area contributed by atoms with Gasteiger partial charge in [0.1, 0.15) is 16.5 Å². The Labute approximate surface area is 118 Å². The molecule has 0 heterocycles. The van der Waals surface area contributed by atoms with E-state index >= 15 is 0 Å². The number of hydrogen-bond acceptors (Lipinski definition) is 4. The zero-order valence-corrected chi connectivity index (χ0v) is 11.6. The lowest BCUT2D eigenvalue weighted by Crippen LogP contribution is -2.14. The molecule has 2 aromatic carbocycles. The molecule has 106 valence electrons. The SMILES string of the molecule is Nc1c(Sc2cc(F)ccc2F)cccc1S(N)(=O)=O. The summed E-state index contributed by atoms with van der Waals surface area (Å²) in [6.07, 6.45) is 0. The summed E-state index contributed by atoms with van der Waals surface area (Å²) in [4.78, 5) is 0.0311. The standard InChI is InChI=1S/C12H10F2N2O2S2/c13-7-4-5-8(14)10(6-7)19-9-2-1-3-11(12(9)15)20(16,17)18/h1-6H,15H2,(H2,16,17,18). The lowest BCUT2D eigenvalue weighted by atomic mass is 10.3. The quantitative estimate of drug-likeness (QED) is 0.851. The Hall–Kier alpha value is -1.64. The first-order valence-electron chi connectivity index (χ1n) is 5.33. The molecule has 0 amide bonds. The van der Waals surface area contributed by atoms with Crippen molar-refractivity contribution in [2.45, 2.75) is 14.7 Å². The number of nitrogens with two attached hydrogens (primary N) is 2. The fourth-order valence-electron chi connectivity index (χ4n) is 1.53. The van der Waals surface area contributed by atoms with Crippen LogP contribution in [0.1, 0.15) is 0 Å². The highest BCUT2D eigenvalue weighted by Crippen LogP contribution is 2.36. The number of para-hydroxylation sites is 1. The molecule has 0 unspecified atom stereocenters. The Balaban J connectivity index is 2.47. The normalized spacial score (nSPS) is 11.6. The minimum Gasteiger partial charge on any atom is -0.397 e. The van der Waals surface area contributed by atoms with Gasteiger partial charge in [0.15, 0.2) is 0 Å². The summed E-state index contributed by atoms with van der Waals surface area (Å²) in [5.41, 5.74) is 5.62. The molecule has 0 aliphatic rings. The van der Waals surface area contributed by atoms with Gasteiger partial charge in [-0.1, -0.05) is 17.8 Å². The summed E-state index contributed by atoms with van der Waals surface area (Å²) >= 11 is 0.825. The number of primary sulfonamides is 1. The molecule has 4 N–H and O–H groups in total. The van der Waals surface area contributed by atoms with Crippen LogP contribution in [0, 0.1) is 11.6 Å². The molecule has 0 aliphatic carbocycles. The number of benzene rings is 2. The van der Waals surface area contributed by atoms with E-state index in [2.05, 4.69) is 0 Å². The Bertz CT molecular complexity index is 764. The van der Waals surface area contributed by atoms with Crippen molar-refractivity contribution < 1.29 is 17.2 Å². The van der Waals surface area contributed by atoms with Gasteiger partial charge in [0.25, 0.3) is 0 Å². The molecule has 2 aromatic rings. The molecule has 0 saturated carbocycles. The van der Waals surface area contributed by atoms with Crippen LogP contribution in [0.2, 0.25) is 0 Å². The van der Waals surface area contributed by atoms with Gasteiger partial charge in [-0.2, -0.15) is 0 Å². The van der Waals surface area contributed by atoms with Crippen LogP contribution in [0.5, 0.6) is 0 Å². The molecule has 0 spiro atoms. The minimum absolute atomic E-state index is 0.00303. The smallest absolute Gasteiger partial charge is 0.240 e. The van der Waals surface area contributed by atoms with Crippen LogP contribution >= 0.6 is 11.8 Å². The summed E-state index contributed by atoms with van der Waals surface area (Å²) in [6.45, 7) is 0. The number of hydrogen-bond donors (Lipinski definition) is 2. The van der Waals surface area contributed by atoms with E-state index in [0.717, 1.165) is 30.0 Å². The van der Waals surface area contributed by atoms with Crippen molar-refractivity contribution in [3.05, 3.63) is 48.0 Å². The van der Waals surface area contributed by atoms with Crippen molar-refractivity contribution in [3.8, 4) is 0 Å². The van der Waals surface area contributed by atoms with Crippen LogP contribution in [0.15, 0.2) is 51.1 Å². The molecule has 2 rings (SSSR count). The minimum atomic E-state index is -3.97. The van der Waals surface area contributed by atoms with E-state index in [-0.39, 0.29) is 20.4 Å². The topological polar surface area (TPSA) is 86.2 Å². The molecule has 0 radical (unpaired) electrons. The first-order valence-corrected chi connectivity index (χ1v) is 7.69. The molecule has 0 aromatic heterocycles. The average Bonchev–Trinajstić information content (AvgIpc) is 2.35. The fourth-order valence-corrected chi connectivity index (χ4v) is 3.22. The molecule has 0 fully saturated rings. The van der Waals surface area contributed by atoms with Crippen molar-refractivity contribution in [1.29, 1.82) is 0 Å². The van der Waals surface area contributed by atoms with E-state index < -0.39 is 21.7 Å². The molecular weight excluding hydrogens is 306 g/mol. The lowest BCUT2D eigenvalue weighted by Gasteiger charge is -2.09. The van der Waals surface area contributed by atoms with Gasteiger partial charge in [-0.3, -0.25) is 0 Å². The third kappa shape index (κ3) is 3.09. The largest absolute Gasteiger partial charge is 0.397 e. The Morgan fingerprint density at radius 1 is 1.05 bits per heavy atom. The summed E-state index contributed by atoms with van der Waals surface area (Å²) in [6, 6.07) is 7.15. The van der Waals surface area contributed by atoms with Crippen LogP contribution in [0.25, 0.3) is 0 Å². The van der Waals surface area contributed by atoms with Crippen LogP contribution < -0.4 is 10.9 Å². The van der Waals surface area contributed by atoms with Crippen LogP contribution in [0.3, 0.4) is 0 Å². The van der Waals surface area contributed by atoms with E-state index in [1.54, 1.807) is 0 Å². The maximum absolute atomic E-state index is 13.6. The zero-order valence-electron chi connectivity index (χ0n) is 10.0. The highest BCUT2D eigenvalue weighted by molar-refractivity contribution is 7.99. The highest BCUT2D eigenvalue weighted by Gasteiger charge is 2.16. The van der Waals surface area contributed by atoms with Crippen molar-refractivity contribution in [2.24, 2.45) is 5.14 Å². The maximum Gasteiger partial charge on any atom is 0.240 e. The van der Waals surface area contributed by atoms with Crippen molar-refractivity contribution in [1.82, 2.24) is 0 Å². The van der Waals surface area contributed by atoms with Gasteiger partial charge in [0.05, 0.1) is 10.6 Å². The first-order chi connectivity index (χ1) is 9.29. The van der Waals surface area contributed by atoms with Gasteiger partial charge in [0.2, 0.25) is 10.0 Å². The van der Waals surface area contributed by atoms with Crippen molar-refractivity contribution >= 4 is 27.5 Å². The molecule has 0 aliphatic heterocycles. The summed E-state index contributed by atoms with van der Waals surface area (Å²) in [7, 11) is -3.97. The Morgan fingerprint density at radius 2 is 1.75 bits per heavy atom. The van der Waals surface area contributed by atoms with Crippen LogP contribution in [0.4, 0.5) is 14.5 Å². The fraction of sp³-hybridized carbons (Fsp3) is 0. The summed E-state index contributed by atoms with van der Waals surface area (Å²) in [5.74, 6) is -1.23. The number of halogens is 2. The van der Waals surface area contributed by atoms with Gasteiger partial charge in [-0.15, -0.1) is 0 Å². The second-order valence-corrected chi connectivity index (χ2v) is 6.50. The van der Waals surface area contributed by atoms with Gasteiger partial charge in [0, 0.05) is 4.90 Å². The summed E-state index contributed by atoms with van der Waals surface area (Å²) < 4.78 is 49.3. The van der Waals surface area contributed by atoms with E-state index in [4.69, 9.17) is 10.9 Å². The first kappa shape index (κ1) is 14.8. The third-order valence-corrected chi connectivity index (χ3v) is 4.52. The van der Waals surface area contributed by atoms with E-state index in [9.17, 15) is 17.2 Å². The molecule has 0 atom stereocenters. The van der Waals surface area contributed by atoms with E-state index in [0.29, 0.717) is 0 Å². The van der Waals surface area contributed by atoms with Crippen LogP contribution in [-0.2, 0) is 10.0 Å². The number of nitrogen functional groups attached to an aromatic ring is 1. The van der Waals surface area contributed by atoms with Gasteiger partial charge in [-0.25, -0.2) is 22.3 Å². The van der Waals surface area contributed by atoms with Crippen LogP contribution in [-0.4, -0.2) is 8.42 Å². The molecule has 0 saturated heterocycles. The maximum atomic E-state index is 13.6. The molecule has 20 heavy (non-hydrogen) atoms. The Kier molecular flexibility index (Phi) is 3.98. The Morgan fingerprint density at radius 3 is 2.40 bits per heavy atom. The highest BCUT2D eigenvalue weighted by atomic mass is 32.2. The zero-order chi connectivity index (χ0) is 14.9. The molecule has 0 bridgehead atoms. The predicted molar refractivity (Wildman–Crippen MR) is 72.7 cm³/mol. The molecular formula is C12H10F2N2O2S2. The van der Waals surface area contributed by atoms with Crippen molar-refractivity contribution in [2.75, 3.05) is 5.73 Å². The van der Waals surface area contributed by atoms with Gasteiger partial charge < -0.3 is 5.73 Å². The van der Waals surface area contributed by atoms with E-state index in [1.165, 1.54) is 18.2 Å². The van der Waals surface area contributed by atoms with Gasteiger partial charge in [-0.05, 0) is 30.3 Å². The molecule has 4 nitrogen and oxygen atoms in total. The molecule has 8 heteroatoms. The number of rotatable bonds is 3. The van der Waals surface area contributed by atoms with Crippen molar-refractivity contribution in [3.63, 3.8) is 0 Å². The lowest BCUT2D eigenvalue weighted by molar-refractivity contribution is 0.577. The number of anilines is 1. The second kappa shape index (κ2) is 5.39. The average molecular weight is 316 g/mol. The summed E-state index contributed by atoms with van der Waals surface area (Å²) in [5, 5.41) is 5.02. The monoisotopic (exact) mass is 316 g/mol. The second-order valence-electron chi connectivity index (χ2n) is 3.89. The number of sulfonamides is 1. The van der Waals surface area contributed by atoms with Gasteiger partial charge >= 0.3 is 0 Å². The predicted octanol–water partition coefficient (Wildman–Crippen LogP) is 2.35. The third-order valence-electron chi connectivity index (χ3n) is 2.45. The van der Waals surface area contributed by atoms with E-state index in [1.807, 2.05) is 0 Å².